The molecule has 23 heavy (non-hydrogen) atoms. The third-order valence-electron chi connectivity index (χ3n) is 3.33. The highest BCUT2D eigenvalue weighted by molar-refractivity contribution is 14.0. The van der Waals surface area contributed by atoms with Crippen molar-refractivity contribution in [2.45, 2.75) is 32.7 Å². The highest BCUT2D eigenvalue weighted by Gasteiger charge is 2.00. The zero-order valence-corrected chi connectivity index (χ0v) is 16.0. The standard InChI is InChI=1S/C18H25N3O.HI/c1-2-3-12-19-18(20-13-11-17-10-7-14-22-17)21-15-16-8-5-4-6-9-16;/h4-10,14H,2-3,11-13,15H2,1H3,(H2,19,20,21);1H. The molecule has 0 atom stereocenters. The monoisotopic (exact) mass is 427 g/mol. The Bertz CT molecular complexity index is 541. The van der Waals surface area contributed by atoms with Crippen LogP contribution >= 0.6 is 24.0 Å². The molecule has 4 nitrogen and oxygen atoms in total. The maximum Gasteiger partial charge on any atom is 0.191 e. The van der Waals surface area contributed by atoms with E-state index in [1.54, 1.807) is 6.26 Å². The molecule has 0 saturated carbocycles. The summed E-state index contributed by atoms with van der Waals surface area (Å²) in [6.45, 7) is 4.62. The van der Waals surface area contributed by atoms with E-state index in [-0.39, 0.29) is 24.0 Å². The SMILES string of the molecule is CCCCNC(=NCc1ccccc1)NCCc1ccco1.I. The van der Waals surface area contributed by atoms with Crippen molar-refractivity contribution in [3.8, 4) is 0 Å². The molecule has 5 heteroatoms. The first kappa shape index (κ1) is 19.5. The first-order chi connectivity index (χ1) is 10.9. The molecule has 2 rings (SSSR count). The molecule has 2 aromatic rings. The Kier molecular flexibility index (Phi) is 10.2. The van der Waals surface area contributed by atoms with Crippen molar-refractivity contribution >= 4 is 29.9 Å². The van der Waals surface area contributed by atoms with Gasteiger partial charge in [-0.1, -0.05) is 43.7 Å². The van der Waals surface area contributed by atoms with E-state index in [2.05, 4.69) is 34.7 Å². The molecule has 0 radical (unpaired) electrons. The fraction of sp³-hybridized carbons (Fsp3) is 0.389. The molecule has 0 aliphatic heterocycles. The molecule has 0 amide bonds. The van der Waals surface area contributed by atoms with Gasteiger partial charge in [-0.05, 0) is 24.1 Å². The van der Waals surface area contributed by atoms with Crippen LogP contribution in [0.5, 0.6) is 0 Å². The van der Waals surface area contributed by atoms with Gasteiger partial charge in [0.05, 0.1) is 12.8 Å². The summed E-state index contributed by atoms with van der Waals surface area (Å²) < 4.78 is 5.34. The number of nitrogens with one attached hydrogen (secondary N) is 2. The first-order valence-corrected chi connectivity index (χ1v) is 7.97. The fourth-order valence-electron chi connectivity index (χ4n) is 2.07. The minimum atomic E-state index is 0. The molecule has 0 bridgehead atoms. The van der Waals surface area contributed by atoms with Crippen LogP contribution in [0.25, 0.3) is 0 Å². The van der Waals surface area contributed by atoms with Crippen LogP contribution in [-0.2, 0) is 13.0 Å². The minimum absolute atomic E-state index is 0. The van der Waals surface area contributed by atoms with Crippen molar-refractivity contribution < 1.29 is 4.42 Å². The molecule has 0 aliphatic carbocycles. The molecule has 0 aliphatic rings. The number of furan rings is 1. The van der Waals surface area contributed by atoms with Gasteiger partial charge in [0.25, 0.3) is 0 Å². The Hall–Kier alpha value is -1.50. The van der Waals surface area contributed by atoms with Crippen molar-refractivity contribution in [3.05, 3.63) is 60.1 Å². The number of benzene rings is 1. The summed E-state index contributed by atoms with van der Waals surface area (Å²) >= 11 is 0. The van der Waals surface area contributed by atoms with E-state index in [0.717, 1.165) is 37.7 Å². The molecule has 1 aromatic carbocycles. The number of rotatable bonds is 8. The predicted molar refractivity (Wildman–Crippen MR) is 106 cm³/mol. The summed E-state index contributed by atoms with van der Waals surface area (Å²) in [5, 5.41) is 6.75. The van der Waals surface area contributed by atoms with Gasteiger partial charge in [-0.25, -0.2) is 4.99 Å². The van der Waals surface area contributed by atoms with Crippen LogP contribution in [-0.4, -0.2) is 19.0 Å². The van der Waals surface area contributed by atoms with Crippen molar-refractivity contribution in [1.29, 1.82) is 0 Å². The highest BCUT2D eigenvalue weighted by atomic mass is 127. The third kappa shape index (κ3) is 8.06. The van der Waals surface area contributed by atoms with Gasteiger partial charge in [0, 0.05) is 19.5 Å². The maximum absolute atomic E-state index is 5.34. The van der Waals surface area contributed by atoms with Crippen LogP contribution in [0.4, 0.5) is 0 Å². The molecule has 0 spiro atoms. The van der Waals surface area contributed by atoms with Gasteiger partial charge in [0.15, 0.2) is 5.96 Å². The number of nitrogens with zero attached hydrogens (tertiary/aromatic N) is 1. The summed E-state index contributed by atoms with van der Waals surface area (Å²) in [7, 11) is 0. The minimum Gasteiger partial charge on any atom is -0.469 e. The lowest BCUT2D eigenvalue weighted by atomic mass is 10.2. The Balaban J connectivity index is 0.00000264. The van der Waals surface area contributed by atoms with Gasteiger partial charge in [0.2, 0.25) is 0 Å². The molecule has 0 saturated heterocycles. The maximum atomic E-state index is 5.34. The summed E-state index contributed by atoms with van der Waals surface area (Å²) in [6, 6.07) is 14.2. The van der Waals surface area contributed by atoms with E-state index >= 15 is 0 Å². The van der Waals surface area contributed by atoms with E-state index in [4.69, 9.17) is 4.42 Å². The van der Waals surface area contributed by atoms with E-state index < -0.39 is 0 Å². The van der Waals surface area contributed by atoms with Crippen molar-refractivity contribution in [1.82, 2.24) is 10.6 Å². The van der Waals surface area contributed by atoms with Gasteiger partial charge < -0.3 is 15.1 Å². The fourth-order valence-corrected chi connectivity index (χ4v) is 2.07. The average molecular weight is 427 g/mol. The molecule has 1 aromatic heterocycles. The number of guanidine groups is 1. The average Bonchev–Trinajstić information content (AvgIpc) is 3.06. The number of halogens is 1. The molecular formula is C18H26IN3O. The van der Waals surface area contributed by atoms with E-state index in [1.165, 1.54) is 12.0 Å². The lowest BCUT2D eigenvalue weighted by molar-refractivity contribution is 0.506. The lowest BCUT2D eigenvalue weighted by Gasteiger charge is -2.12. The second-order valence-corrected chi connectivity index (χ2v) is 5.19. The molecule has 0 unspecified atom stereocenters. The first-order valence-electron chi connectivity index (χ1n) is 7.97. The summed E-state index contributed by atoms with van der Waals surface area (Å²) in [5.74, 6) is 1.85. The van der Waals surface area contributed by atoms with E-state index in [1.807, 2.05) is 30.3 Å². The zero-order chi connectivity index (χ0) is 15.5. The van der Waals surface area contributed by atoms with Crippen LogP contribution in [0, 0.1) is 0 Å². The van der Waals surface area contributed by atoms with Crippen molar-refractivity contribution in [2.75, 3.05) is 13.1 Å². The smallest absolute Gasteiger partial charge is 0.191 e. The van der Waals surface area contributed by atoms with Crippen LogP contribution in [0.3, 0.4) is 0 Å². The quantitative estimate of drug-likeness (QED) is 0.290. The van der Waals surface area contributed by atoms with Gasteiger partial charge in [-0.3, -0.25) is 0 Å². The number of hydrogen-bond acceptors (Lipinski definition) is 2. The lowest BCUT2D eigenvalue weighted by Crippen LogP contribution is -2.38. The van der Waals surface area contributed by atoms with Gasteiger partial charge >= 0.3 is 0 Å². The zero-order valence-electron chi connectivity index (χ0n) is 13.6. The van der Waals surface area contributed by atoms with Gasteiger partial charge in [-0.15, -0.1) is 24.0 Å². The predicted octanol–water partition coefficient (Wildman–Crippen LogP) is 3.98. The van der Waals surface area contributed by atoms with E-state index in [0.29, 0.717) is 6.54 Å². The second kappa shape index (κ2) is 12.0. The van der Waals surface area contributed by atoms with E-state index in [9.17, 15) is 0 Å². The molecule has 126 valence electrons. The number of aliphatic imine (C=N–C) groups is 1. The van der Waals surface area contributed by atoms with Crippen molar-refractivity contribution in [2.24, 2.45) is 4.99 Å². The van der Waals surface area contributed by atoms with Crippen LogP contribution in [0.2, 0.25) is 0 Å². The van der Waals surface area contributed by atoms with Gasteiger partial charge in [-0.2, -0.15) is 0 Å². The molecule has 2 N–H and O–H groups in total. The largest absolute Gasteiger partial charge is 0.469 e. The molecular weight excluding hydrogens is 401 g/mol. The Labute approximate surface area is 155 Å². The Morgan fingerprint density at radius 2 is 1.83 bits per heavy atom. The Morgan fingerprint density at radius 1 is 1.04 bits per heavy atom. The normalized spacial score (nSPS) is 10.9. The summed E-state index contributed by atoms with van der Waals surface area (Å²) in [6.07, 6.45) is 4.88. The third-order valence-corrected chi connectivity index (χ3v) is 3.33. The van der Waals surface area contributed by atoms with Gasteiger partial charge in [0.1, 0.15) is 5.76 Å². The highest BCUT2D eigenvalue weighted by Crippen LogP contribution is 2.01. The summed E-state index contributed by atoms with van der Waals surface area (Å²) in [4.78, 5) is 4.65. The molecule has 0 fully saturated rings. The van der Waals surface area contributed by atoms with Crippen LogP contribution in [0.1, 0.15) is 31.1 Å². The second-order valence-electron chi connectivity index (χ2n) is 5.19. The van der Waals surface area contributed by atoms with Crippen molar-refractivity contribution in [3.63, 3.8) is 0 Å². The summed E-state index contributed by atoms with van der Waals surface area (Å²) in [5.41, 5.74) is 1.21. The molecule has 1 heterocycles. The van der Waals surface area contributed by atoms with Crippen LogP contribution in [0.15, 0.2) is 58.1 Å². The Morgan fingerprint density at radius 3 is 2.52 bits per heavy atom. The topological polar surface area (TPSA) is 49.6 Å². The van der Waals surface area contributed by atoms with Crippen LogP contribution < -0.4 is 10.6 Å². The number of unbranched alkanes of at least 4 members (excludes halogenated alkanes) is 1. The number of hydrogen-bond donors (Lipinski definition) is 2.